The summed E-state index contributed by atoms with van der Waals surface area (Å²) in [7, 11) is 1.47. The van der Waals surface area contributed by atoms with Gasteiger partial charge >= 0.3 is 0 Å². The Hall–Kier alpha value is -2.82. The van der Waals surface area contributed by atoms with E-state index >= 15 is 0 Å². The molecular formula is C17H15FN2O2. The second-order valence-electron chi connectivity index (χ2n) is 4.93. The van der Waals surface area contributed by atoms with Crippen LogP contribution in [0.5, 0.6) is 5.75 Å². The number of amides is 1. The molecule has 5 heteroatoms. The van der Waals surface area contributed by atoms with Gasteiger partial charge in [0.25, 0.3) is 0 Å². The molecule has 22 heavy (non-hydrogen) atoms. The number of H-pyrrole nitrogens is 1. The number of hydrogen-bond donors (Lipinski definition) is 2. The summed E-state index contributed by atoms with van der Waals surface area (Å²) in [4.78, 5) is 15.3. The molecule has 3 rings (SSSR count). The van der Waals surface area contributed by atoms with E-state index in [2.05, 4.69) is 10.3 Å². The number of carbonyl (C=O) groups excluding carboxylic acids is 1. The molecular weight excluding hydrogens is 283 g/mol. The van der Waals surface area contributed by atoms with Crippen LogP contribution in [-0.2, 0) is 11.2 Å². The SMILES string of the molecule is COc1ccc(F)cc1NC(=O)Cc1c[nH]c2ccccc12. The number of aromatic nitrogens is 1. The maximum absolute atomic E-state index is 13.3. The highest BCUT2D eigenvalue weighted by molar-refractivity contribution is 5.96. The molecule has 0 saturated heterocycles. The largest absolute Gasteiger partial charge is 0.495 e. The molecule has 0 unspecified atom stereocenters. The Kier molecular flexibility index (Phi) is 3.78. The normalized spacial score (nSPS) is 10.6. The molecule has 4 nitrogen and oxygen atoms in total. The quantitative estimate of drug-likeness (QED) is 0.774. The van der Waals surface area contributed by atoms with Gasteiger partial charge in [-0.1, -0.05) is 18.2 Å². The Labute approximate surface area is 126 Å². The third-order valence-electron chi connectivity index (χ3n) is 3.46. The fourth-order valence-electron chi connectivity index (χ4n) is 2.42. The van der Waals surface area contributed by atoms with Crippen molar-refractivity contribution in [2.24, 2.45) is 0 Å². The number of hydrogen-bond acceptors (Lipinski definition) is 2. The van der Waals surface area contributed by atoms with Gasteiger partial charge < -0.3 is 15.0 Å². The van der Waals surface area contributed by atoms with Crippen molar-refractivity contribution < 1.29 is 13.9 Å². The Morgan fingerprint density at radius 2 is 2.09 bits per heavy atom. The van der Waals surface area contributed by atoms with Crippen molar-refractivity contribution in [1.82, 2.24) is 4.98 Å². The van der Waals surface area contributed by atoms with Crippen LogP contribution >= 0.6 is 0 Å². The Morgan fingerprint density at radius 3 is 2.91 bits per heavy atom. The van der Waals surface area contributed by atoms with E-state index in [9.17, 15) is 9.18 Å². The molecule has 0 spiro atoms. The van der Waals surface area contributed by atoms with Gasteiger partial charge in [-0.3, -0.25) is 4.79 Å². The second kappa shape index (κ2) is 5.89. The summed E-state index contributed by atoms with van der Waals surface area (Å²) in [5.74, 6) is -0.231. The first kappa shape index (κ1) is 14.1. The lowest BCUT2D eigenvalue weighted by Crippen LogP contribution is -2.15. The first-order valence-corrected chi connectivity index (χ1v) is 6.86. The maximum Gasteiger partial charge on any atom is 0.228 e. The number of methoxy groups -OCH3 is 1. The van der Waals surface area contributed by atoms with E-state index in [0.717, 1.165) is 16.5 Å². The summed E-state index contributed by atoms with van der Waals surface area (Å²) < 4.78 is 18.4. The van der Waals surface area contributed by atoms with Crippen LogP contribution in [0.2, 0.25) is 0 Å². The van der Waals surface area contributed by atoms with E-state index in [-0.39, 0.29) is 12.3 Å². The highest BCUT2D eigenvalue weighted by Crippen LogP contribution is 2.25. The third-order valence-corrected chi connectivity index (χ3v) is 3.46. The topological polar surface area (TPSA) is 54.1 Å². The summed E-state index contributed by atoms with van der Waals surface area (Å²) >= 11 is 0. The molecule has 3 aromatic rings. The van der Waals surface area contributed by atoms with Crippen LogP contribution in [0.15, 0.2) is 48.7 Å². The lowest BCUT2D eigenvalue weighted by Gasteiger charge is -2.10. The zero-order chi connectivity index (χ0) is 15.5. The van der Waals surface area contributed by atoms with Crippen molar-refractivity contribution in [3.05, 3.63) is 60.0 Å². The van der Waals surface area contributed by atoms with Crippen LogP contribution in [0.3, 0.4) is 0 Å². The minimum Gasteiger partial charge on any atom is -0.495 e. The minimum atomic E-state index is -0.428. The van der Waals surface area contributed by atoms with Crippen LogP contribution in [0.1, 0.15) is 5.56 Å². The van der Waals surface area contributed by atoms with E-state index in [4.69, 9.17) is 4.74 Å². The van der Waals surface area contributed by atoms with E-state index in [1.165, 1.54) is 25.3 Å². The van der Waals surface area contributed by atoms with Gasteiger partial charge in [0.15, 0.2) is 0 Å². The van der Waals surface area contributed by atoms with Gasteiger partial charge in [-0.05, 0) is 23.8 Å². The number of nitrogens with one attached hydrogen (secondary N) is 2. The van der Waals surface area contributed by atoms with E-state index in [1.807, 2.05) is 30.5 Å². The average Bonchev–Trinajstić information content (AvgIpc) is 2.91. The number of halogens is 1. The highest BCUT2D eigenvalue weighted by Gasteiger charge is 2.12. The summed E-state index contributed by atoms with van der Waals surface area (Å²) in [5.41, 5.74) is 2.20. The third kappa shape index (κ3) is 2.79. The second-order valence-corrected chi connectivity index (χ2v) is 4.93. The number of para-hydroxylation sites is 1. The number of anilines is 1. The van der Waals surface area contributed by atoms with E-state index < -0.39 is 5.82 Å². The van der Waals surface area contributed by atoms with Crippen molar-refractivity contribution in [2.75, 3.05) is 12.4 Å². The molecule has 1 heterocycles. The number of carbonyl (C=O) groups is 1. The van der Waals surface area contributed by atoms with Crippen LogP contribution in [-0.4, -0.2) is 18.0 Å². The lowest BCUT2D eigenvalue weighted by atomic mass is 10.1. The van der Waals surface area contributed by atoms with Crippen molar-refractivity contribution in [2.45, 2.75) is 6.42 Å². The molecule has 0 bridgehead atoms. The molecule has 2 N–H and O–H groups in total. The Bertz CT molecular complexity index is 826. The average molecular weight is 298 g/mol. The molecule has 0 fully saturated rings. The summed E-state index contributed by atoms with van der Waals surface area (Å²) in [6, 6.07) is 11.8. The molecule has 1 aromatic heterocycles. The first-order valence-electron chi connectivity index (χ1n) is 6.86. The van der Waals surface area contributed by atoms with Crippen LogP contribution < -0.4 is 10.1 Å². The fraction of sp³-hybridized carbons (Fsp3) is 0.118. The Balaban J connectivity index is 1.79. The fourth-order valence-corrected chi connectivity index (χ4v) is 2.42. The molecule has 112 valence electrons. The molecule has 0 aliphatic carbocycles. The smallest absolute Gasteiger partial charge is 0.228 e. The van der Waals surface area contributed by atoms with Gasteiger partial charge in [0.2, 0.25) is 5.91 Å². The summed E-state index contributed by atoms with van der Waals surface area (Å²) in [6.45, 7) is 0. The van der Waals surface area contributed by atoms with E-state index in [0.29, 0.717) is 11.4 Å². The van der Waals surface area contributed by atoms with Gasteiger partial charge in [0.1, 0.15) is 11.6 Å². The van der Waals surface area contributed by atoms with E-state index in [1.54, 1.807) is 0 Å². The molecule has 0 aliphatic heterocycles. The molecule has 0 radical (unpaired) electrons. The van der Waals surface area contributed by atoms with Crippen molar-refractivity contribution in [3.8, 4) is 5.75 Å². The highest BCUT2D eigenvalue weighted by atomic mass is 19.1. The summed E-state index contributed by atoms with van der Waals surface area (Å²) in [5, 5.41) is 3.69. The predicted molar refractivity (Wildman–Crippen MR) is 83.6 cm³/mol. The zero-order valence-corrected chi connectivity index (χ0v) is 12.0. The van der Waals surface area contributed by atoms with Gasteiger partial charge in [-0.25, -0.2) is 4.39 Å². The van der Waals surface area contributed by atoms with Crippen molar-refractivity contribution >= 4 is 22.5 Å². The van der Waals surface area contributed by atoms with Gasteiger partial charge in [-0.2, -0.15) is 0 Å². The number of benzene rings is 2. The van der Waals surface area contributed by atoms with Crippen LogP contribution in [0.25, 0.3) is 10.9 Å². The summed E-state index contributed by atoms with van der Waals surface area (Å²) in [6.07, 6.45) is 2.01. The number of rotatable bonds is 4. The molecule has 0 aliphatic rings. The van der Waals surface area contributed by atoms with Crippen molar-refractivity contribution in [3.63, 3.8) is 0 Å². The molecule has 2 aromatic carbocycles. The monoisotopic (exact) mass is 298 g/mol. The standard InChI is InChI=1S/C17H15FN2O2/c1-22-16-7-6-12(18)9-15(16)20-17(21)8-11-10-19-14-5-3-2-4-13(11)14/h2-7,9-10,19H,8H2,1H3,(H,20,21). The lowest BCUT2D eigenvalue weighted by molar-refractivity contribution is -0.115. The zero-order valence-electron chi connectivity index (χ0n) is 12.0. The molecule has 0 saturated carbocycles. The molecule has 1 amide bonds. The number of fused-ring (bicyclic) bond motifs is 1. The number of aromatic amines is 1. The molecule has 0 atom stereocenters. The van der Waals surface area contributed by atoms with Crippen molar-refractivity contribution in [1.29, 1.82) is 0 Å². The van der Waals surface area contributed by atoms with Crippen LogP contribution in [0.4, 0.5) is 10.1 Å². The first-order chi connectivity index (χ1) is 10.7. The van der Waals surface area contributed by atoms with Gasteiger partial charge in [0.05, 0.1) is 19.2 Å². The number of ether oxygens (including phenoxy) is 1. The minimum absolute atomic E-state index is 0.198. The van der Waals surface area contributed by atoms with Gasteiger partial charge in [-0.15, -0.1) is 0 Å². The maximum atomic E-state index is 13.3. The Morgan fingerprint density at radius 1 is 1.27 bits per heavy atom. The predicted octanol–water partition coefficient (Wildman–Crippen LogP) is 3.50. The van der Waals surface area contributed by atoms with Gasteiger partial charge in [0, 0.05) is 23.2 Å². The van der Waals surface area contributed by atoms with Crippen LogP contribution in [0, 0.1) is 5.82 Å².